The molecule has 0 spiro atoms. The quantitative estimate of drug-likeness (QED) is 0.813. The molecular formula is C21H29N3OS. The summed E-state index contributed by atoms with van der Waals surface area (Å²) in [5, 5.41) is 5.34. The molecule has 5 heteroatoms. The highest BCUT2D eigenvalue weighted by Gasteiger charge is 2.25. The van der Waals surface area contributed by atoms with Crippen molar-refractivity contribution in [1.29, 1.82) is 0 Å². The highest BCUT2D eigenvalue weighted by molar-refractivity contribution is 7.10. The van der Waals surface area contributed by atoms with E-state index in [1.165, 1.54) is 10.4 Å². The lowest BCUT2D eigenvalue weighted by Crippen LogP contribution is -2.48. The highest BCUT2D eigenvalue weighted by atomic mass is 32.1. The lowest BCUT2D eigenvalue weighted by molar-refractivity contribution is -0.124. The normalized spacial score (nSPS) is 18.4. The van der Waals surface area contributed by atoms with E-state index in [0.29, 0.717) is 6.54 Å². The van der Waals surface area contributed by atoms with Crippen LogP contribution >= 0.6 is 11.3 Å². The summed E-state index contributed by atoms with van der Waals surface area (Å²) < 4.78 is 0. The van der Waals surface area contributed by atoms with Gasteiger partial charge in [-0.05, 0) is 30.5 Å². The molecule has 2 heterocycles. The maximum absolute atomic E-state index is 12.6. The van der Waals surface area contributed by atoms with Crippen LogP contribution in [0.3, 0.4) is 0 Å². The van der Waals surface area contributed by atoms with Gasteiger partial charge in [0.05, 0.1) is 6.04 Å². The second-order valence-corrected chi connectivity index (χ2v) is 8.19. The predicted octanol–water partition coefficient (Wildman–Crippen LogP) is 3.03. The summed E-state index contributed by atoms with van der Waals surface area (Å²) in [6.45, 7) is 6.96. The maximum Gasteiger partial charge on any atom is 0.223 e. The van der Waals surface area contributed by atoms with Gasteiger partial charge < -0.3 is 10.2 Å². The van der Waals surface area contributed by atoms with E-state index in [4.69, 9.17) is 0 Å². The number of amides is 1. The number of nitrogens with zero attached hydrogens (tertiary/aromatic N) is 2. The van der Waals surface area contributed by atoms with Gasteiger partial charge >= 0.3 is 0 Å². The largest absolute Gasteiger partial charge is 0.354 e. The SMILES string of the molecule is CC(Cc1ccccc1)C(=O)NCC(c1cccs1)N1CCN(C)CC1. The van der Waals surface area contributed by atoms with Crippen LogP contribution in [0, 0.1) is 5.92 Å². The van der Waals surface area contributed by atoms with Gasteiger partial charge in [-0.1, -0.05) is 43.3 Å². The molecule has 0 aliphatic carbocycles. The molecule has 140 valence electrons. The first-order valence-corrected chi connectivity index (χ1v) is 10.3. The molecule has 3 rings (SSSR count). The second kappa shape index (κ2) is 9.31. The van der Waals surface area contributed by atoms with Crippen molar-refractivity contribution in [3.63, 3.8) is 0 Å². The minimum Gasteiger partial charge on any atom is -0.354 e. The molecule has 1 saturated heterocycles. The van der Waals surface area contributed by atoms with Crippen LogP contribution < -0.4 is 5.32 Å². The minimum atomic E-state index is -0.0196. The van der Waals surface area contributed by atoms with E-state index in [0.717, 1.165) is 32.6 Å². The molecular weight excluding hydrogens is 342 g/mol. The Morgan fingerprint density at radius 2 is 1.85 bits per heavy atom. The van der Waals surface area contributed by atoms with Gasteiger partial charge in [0.2, 0.25) is 5.91 Å². The Morgan fingerprint density at radius 1 is 1.12 bits per heavy atom. The van der Waals surface area contributed by atoms with Crippen molar-refractivity contribution in [3.8, 4) is 0 Å². The minimum absolute atomic E-state index is 0.0196. The van der Waals surface area contributed by atoms with E-state index in [1.54, 1.807) is 11.3 Å². The van der Waals surface area contributed by atoms with E-state index in [9.17, 15) is 4.79 Å². The van der Waals surface area contributed by atoms with Crippen LogP contribution in [0.1, 0.15) is 23.4 Å². The fraction of sp³-hybridized carbons (Fsp3) is 0.476. The van der Waals surface area contributed by atoms with Crippen LogP contribution in [0.25, 0.3) is 0 Å². The lowest BCUT2D eigenvalue weighted by Gasteiger charge is -2.37. The highest BCUT2D eigenvalue weighted by Crippen LogP contribution is 2.25. The third-order valence-corrected chi connectivity index (χ3v) is 6.13. The number of nitrogens with one attached hydrogen (secondary N) is 1. The number of carbonyl (C=O) groups excluding carboxylic acids is 1. The van der Waals surface area contributed by atoms with Crippen LogP contribution in [-0.2, 0) is 11.2 Å². The van der Waals surface area contributed by atoms with Crippen LogP contribution in [0.4, 0.5) is 0 Å². The van der Waals surface area contributed by atoms with Crippen LogP contribution in [-0.4, -0.2) is 55.5 Å². The first kappa shape index (κ1) is 19.1. The van der Waals surface area contributed by atoms with E-state index in [1.807, 2.05) is 25.1 Å². The Kier molecular flexibility index (Phi) is 6.83. The monoisotopic (exact) mass is 371 g/mol. The fourth-order valence-electron chi connectivity index (χ4n) is 3.46. The molecule has 1 aromatic carbocycles. The molecule has 2 atom stereocenters. The third-order valence-electron chi connectivity index (χ3n) is 5.15. The fourth-order valence-corrected chi connectivity index (χ4v) is 4.32. The van der Waals surface area contributed by atoms with Gasteiger partial charge in [-0.2, -0.15) is 0 Å². The summed E-state index contributed by atoms with van der Waals surface area (Å²) in [5.41, 5.74) is 1.21. The van der Waals surface area contributed by atoms with Crippen molar-refractivity contribution in [3.05, 3.63) is 58.3 Å². The van der Waals surface area contributed by atoms with Crippen molar-refractivity contribution < 1.29 is 4.79 Å². The molecule has 1 amide bonds. The second-order valence-electron chi connectivity index (χ2n) is 7.21. The molecule has 0 bridgehead atoms. The zero-order valence-corrected chi connectivity index (χ0v) is 16.5. The zero-order chi connectivity index (χ0) is 18.4. The molecule has 2 unspecified atom stereocenters. The zero-order valence-electron chi connectivity index (χ0n) is 15.7. The summed E-state index contributed by atoms with van der Waals surface area (Å²) in [6.07, 6.45) is 0.783. The van der Waals surface area contributed by atoms with Crippen LogP contribution in [0.5, 0.6) is 0 Å². The Balaban J connectivity index is 1.57. The first-order chi connectivity index (χ1) is 12.6. The van der Waals surface area contributed by atoms with Crippen LogP contribution in [0.2, 0.25) is 0 Å². The molecule has 0 radical (unpaired) electrons. The Morgan fingerprint density at radius 3 is 2.50 bits per heavy atom. The number of hydrogen-bond acceptors (Lipinski definition) is 4. The molecule has 0 saturated carbocycles. The summed E-state index contributed by atoms with van der Waals surface area (Å²) in [4.78, 5) is 18.8. The molecule has 2 aromatic rings. The van der Waals surface area contributed by atoms with Gasteiger partial charge in [0, 0.05) is 43.5 Å². The smallest absolute Gasteiger partial charge is 0.223 e. The predicted molar refractivity (Wildman–Crippen MR) is 108 cm³/mol. The lowest BCUT2D eigenvalue weighted by atomic mass is 10.0. The Hall–Kier alpha value is -1.69. The number of thiophene rings is 1. The first-order valence-electron chi connectivity index (χ1n) is 9.41. The van der Waals surface area contributed by atoms with Gasteiger partial charge in [-0.25, -0.2) is 0 Å². The summed E-state index contributed by atoms with van der Waals surface area (Å²) in [6, 6.07) is 14.8. The maximum atomic E-state index is 12.6. The van der Waals surface area contributed by atoms with Gasteiger partial charge in [-0.15, -0.1) is 11.3 Å². The van der Waals surface area contributed by atoms with E-state index in [2.05, 4.69) is 51.8 Å². The Bertz CT molecular complexity index is 666. The molecule has 1 N–H and O–H groups in total. The summed E-state index contributed by atoms with van der Waals surface area (Å²) in [7, 11) is 2.17. The number of rotatable bonds is 7. The van der Waals surface area contributed by atoms with Gasteiger partial charge in [0.15, 0.2) is 0 Å². The molecule has 1 aliphatic heterocycles. The van der Waals surface area contributed by atoms with E-state index in [-0.39, 0.29) is 17.9 Å². The topological polar surface area (TPSA) is 35.6 Å². The average Bonchev–Trinajstić information content (AvgIpc) is 3.18. The van der Waals surface area contributed by atoms with Gasteiger partial charge in [0.1, 0.15) is 0 Å². The number of likely N-dealkylation sites (N-methyl/N-ethyl adjacent to an activating group) is 1. The molecule has 4 nitrogen and oxygen atoms in total. The average molecular weight is 372 g/mol. The van der Waals surface area contributed by atoms with E-state index < -0.39 is 0 Å². The molecule has 1 aliphatic rings. The number of carbonyl (C=O) groups is 1. The molecule has 1 aromatic heterocycles. The van der Waals surface area contributed by atoms with E-state index >= 15 is 0 Å². The van der Waals surface area contributed by atoms with Crippen molar-refractivity contribution >= 4 is 17.2 Å². The van der Waals surface area contributed by atoms with Crippen molar-refractivity contribution in [1.82, 2.24) is 15.1 Å². The number of benzene rings is 1. The van der Waals surface area contributed by atoms with Gasteiger partial charge in [-0.3, -0.25) is 9.69 Å². The van der Waals surface area contributed by atoms with Crippen molar-refractivity contribution in [2.24, 2.45) is 5.92 Å². The van der Waals surface area contributed by atoms with Gasteiger partial charge in [0.25, 0.3) is 0 Å². The van der Waals surface area contributed by atoms with Crippen LogP contribution in [0.15, 0.2) is 47.8 Å². The standard InChI is InChI=1S/C21H29N3OS/c1-17(15-18-7-4-3-5-8-18)21(25)22-16-19(20-9-6-14-26-20)24-12-10-23(2)11-13-24/h3-9,14,17,19H,10-13,15-16H2,1-2H3,(H,22,25). The number of hydrogen-bond donors (Lipinski definition) is 1. The van der Waals surface area contributed by atoms with Crippen molar-refractivity contribution in [2.75, 3.05) is 39.8 Å². The Labute approximate surface area is 160 Å². The summed E-state index contributed by atoms with van der Waals surface area (Å²) in [5.74, 6) is 0.124. The van der Waals surface area contributed by atoms with Crippen molar-refractivity contribution in [2.45, 2.75) is 19.4 Å². The third kappa shape index (κ3) is 5.16. The number of piperazine rings is 1. The molecule has 1 fully saturated rings. The summed E-state index contributed by atoms with van der Waals surface area (Å²) >= 11 is 1.78. The molecule has 26 heavy (non-hydrogen) atoms.